The van der Waals surface area contributed by atoms with Crippen molar-refractivity contribution >= 4 is 27.3 Å². The van der Waals surface area contributed by atoms with Gasteiger partial charge in [0.05, 0.1) is 10.6 Å². The molecule has 4 rings (SSSR count). The van der Waals surface area contributed by atoms with E-state index in [1.165, 1.54) is 12.1 Å². The number of sulfonamides is 1. The third kappa shape index (κ3) is 4.56. The van der Waals surface area contributed by atoms with E-state index in [4.69, 9.17) is 5.14 Å². The van der Waals surface area contributed by atoms with Crippen molar-refractivity contribution < 1.29 is 13.2 Å². The predicted molar refractivity (Wildman–Crippen MR) is 115 cm³/mol. The standard InChI is InChI=1S/C22H20N4O3S/c23-30(28,29)19-11-4-16(5-12-19)6-13-22(27)24-18-9-7-17(8-10-18)20-15-26-14-2-1-3-21(26)25-20/h1-5,7-12,14-15H,6,13H2,(H,24,27)(H2,23,28,29). The molecule has 0 spiro atoms. The van der Waals surface area contributed by atoms with Crippen LogP contribution in [0.4, 0.5) is 5.69 Å². The number of imidazole rings is 1. The van der Waals surface area contributed by atoms with Crippen LogP contribution in [0.15, 0.2) is 84.0 Å². The van der Waals surface area contributed by atoms with Gasteiger partial charge >= 0.3 is 0 Å². The molecular weight excluding hydrogens is 400 g/mol. The number of nitrogens with zero attached hydrogens (tertiary/aromatic N) is 2. The largest absolute Gasteiger partial charge is 0.326 e. The molecule has 30 heavy (non-hydrogen) atoms. The Balaban J connectivity index is 1.35. The van der Waals surface area contributed by atoms with Gasteiger partial charge in [0.2, 0.25) is 15.9 Å². The number of nitrogens with two attached hydrogens (primary N) is 1. The number of aryl methyl sites for hydroxylation is 1. The van der Waals surface area contributed by atoms with Crippen molar-refractivity contribution in [3.8, 4) is 11.3 Å². The van der Waals surface area contributed by atoms with Gasteiger partial charge in [-0.3, -0.25) is 4.79 Å². The van der Waals surface area contributed by atoms with E-state index in [-0.39, 0.29) is 17.2 Å². The average Bonchev–Trinajstić information content (AvgIpc) is 3.17. The fourth-order valence-corrected chi connectivity index (χ4v) is 3.64. The van der Waals surface area contributed by atoms with Gasteiger partial charge in [0.1, 0.15) is 5.65 Å². The third-order valence-electron chi connectivity index (χ3n) is 4.72. The number of nitrogens with one attached hydrogen (secondary N) is 1. The van der Waals surface area contributed by atoms with Crippen molar-refractivity contribution in [2.75, 3.05) is 5.32 Å². The third-order valence-corrected chi connectivity index (χ3v) is 5.65. The molecule has 0 fully saturated rings. The molecular formula is C22H20N4O3S. The maximum atomic E-state index is 12.2. The lowest BCUT2D eigenvalue weighted by Gasteiger charge is -2.07. The number of anilines is 1. The van der Waals surface area contributed by atoms with E-state index in [9.17, 15) is 13.2 Å². The first-order valence-corrected chi connectivity index (χ1v) is 10.9. The SMILES string of the molecule is NS(=O)(=O)c1ccc(CCC(=O)Nc2ccc(-c3cn4ccccc4n3)cc2)cc1. The predicted octanol–water partition coefficient (Wildman–Crippen LogP) is 3.22. The Labute approximate surface area is 174 Å². The minimum atomic E-state index is -3.71. The number of carbonyl (C=O) groups excluding carboxylic acids is 1. The van der Waals surface area contributed by atoms with Gasteiger partial charge in [0.25, 0.3) is 0 Å². The van der Waals surface area contributed by atoms with E-state index in [1.807, 2.05) is 59.3 Å². The molecule has 152 valence electrons. The van der Waals surface area contributed by atoms with Gasteiger partial charge in [-0.15, -0.1) is 0 Å². The van der Waals surface area contributed by atoms with Crippen molar-refractivity contribution in [2.45, 2.75) is 17.7 Å². The summed E-state index contributed by atoms with van der Waals surface area (Å²) in [6, 6.07) is 19.6. The maximum absolute atomic E-state index is 12.2. The zero-order valence-electron chi connectivity index (χ0n) is 16.0. The average molecular weight is 420 g/mol. The highest BCUT2D eigenvalue weighted by molar-refractivity contribution is 7.89. The summed E-state index contributed by atoms with van der Waals surface area (Å²) in [5.41, 5.74) is 4.27. The lowest BCUT2D eigenvalue weighted by atomic mass is 10.1. The number of hydrogen-bond donors (Lipinski definition) is 2. The number of benzene rings is 2. The summed E-state index contributed by atoms with van der Waals surface area (Å²) in [6.45, 7) is 0. The van der Waals surface area contributed by atoms with Crippen LogP contribution < -0.4 is 10.5 Å². The van der Waals surface area contributed by atoms with Crippen LogP contribution in [-0.2, 0) is 21.2 Å². The van der Waals surface area contributed by atoms with Crippen LogP contribution in [0.3, 0.4) is 0 Å². The number of carbonyl (C=O) groups is 1. The number of pyridine rings is 1. The van der Waals surface area contributed by atoms with Gasteiger partial charge in [-0.05, 0) is 48.4 Å². The Bertz CT molecular complexity index is 1260. The van der Waals surface area contributed by atoms with Gasteiger partial charge in [-0.2, -0.15) is 0 Å². The molecule has 0 radical (unpaired) electrons. The number of fused-ring (bicyclic) bond motifs is 1. The molecule has 2 aromatic carbocycles. The Kier molecular flexibility index (Phi) is 5.35. The number of primary sulfonamides is 1. The minimum Gasteiger partial charge on any atom is -0.326 e. The summed E-state index contributed by atoms with van der Waals surface area (Å²) in [4.78, 5) is 16.9. The van der Waals surface area contributed by atoms with Gasteiger partial charge in [0, 0.05) is 30.1 Å². The van der Waals surface area contributed by atoms with Crippen LogP contribution >= 0.6 is 0 Å². The molecule has 2 aromatic heterocycles. The van der Waals surface area contributed by atoms with Crippen LogP contribution in [0, 0.1) is 0 Å². The van der Waals surface area contributed by atoms with E-state index in [2.05, 4.69) is 10.3 Å². The van der Waals surface area contributed by atoms with Crippen LogP contribution in [-0.4, -0.2) is 23.7 Å². The number of hydrogen-bond acceptors (Lipinski definition) is 4. The normalized spacial score (nSPS) is 11.5. The van der Waals surface area contributed by atoms with Gasteiger partial charge in [0.15, 0.2) is 0 Å². The van der Waals surface area contributed by atoms with E-state index in [1.54, 1.807) is 12.1 Å². The van der Waals surface area contributed by atoms with Crippen molar-refractivity contribution in [2.24, 2.45) is 5.14 Å². The summed E-state index contributed by atoms with van der Waals surface area (Å²) >= 11 is 0. The van der Waals surface area contributed by atoms with Gasteiger partial charge in [-0.25, -0.2) is 18.5 Å². The van der Waals surface area contributed by atoms with Crippen LogP contribution in [0.5, 0.6) is 0 Å². The molecule has 0 aliphatic carbocycles. The Morgan fingerprint density at radius 1 is 1.00 bits per heavy atom. The van der Waals surface area contributed by atoms with Gasteiger partial charge in [-0.1, -0.05) is 30.3 Å². The summed E-state index contributed by atoms with van der Waals surface area (Å²) in [5, 5.41) is 7.96. The molecule has 0 saturated carbocycles. The van der Waals surface area contributed by atoms with E-state index >= 15 is 0 Å². The monoisotopic (exact) mass is 420 g/mol. The Morgan fingerprint density at radius 2 is 1.73 bits per heavy atom. The smallest absolute Gasteiger partial charge is 0.238 e. The van der Waals surface area contributed by atoms with E-state index < -0.39 is 10.0 Å². The molecule has 4 aromatic rings. The van der Waals surface area contributed by atoms with Crippen molar-refractivity contribution in [3.05, 3.63) is 84.7 Å². The Hall–Kier alpha value is -3.49. The molecule has 3 N–H and O–H groups in total. The lowest BCUT2D eigenvalue weighted by Crippen LogP contribution is -2.13. The zero-order valence-corrected chi connectivity index (χ0v) is 16.8. The number of rotatable bonds is 6. The van der Waals surface area contributed by atoms with Crippen LogP contribution in [0.1, 0.15) is 12.0 Å². The summed E-state index contributed by atoms with van der Waals surface area (Å²) in [6.07, 6.45) is 4.69. The topological polar surface area (TPSA) is 107 Å². The molecule has 0 unspecified atom stereocenters. The van der Waals surface area contributed by atoms with E-state index in [0.717, 1.165) is 22.5 Å². The highest BCUT2D eigenvalue weighted by atomic mass is 32.2. The summed E-state index contributed by atoms with van der Waals surface area (Å²) in [5.74, 6) is -0.119. The van der Waals surface area contributed by atoms with Crippen molar-refractivity contribution in [1.82, 2.24) is 9.38 Å². The fraction of sp³-hybridized carbons (Fsp3) is 0.0909. The first-order valence-electron chi connectivity index (χ1n) is 9.34. The molecule has 1 amide bonds. The molecule has 7 nitrogen and oxygen atoms in total. The van der Waals surface area contributed by atoms with Gasteiger partial charge < -0.3 is 9.72 Å². The number of amides is 1. The second-order valence-corrected chi connectivity index (χ2v) is 8.47. The first-order chi connectivity index (χ1) is 14.4. The van der Waals surface area contributed by atoms with E-state index in [0.29, 0.717) is 12.1 Å². The molecule has 0 aliphatic heterocycles. The summed E-state index contributed by atoms with van der Waals surface area (Å²) in [7, 11) is -3.71. The quantitative estimate of drug-likeness (QED) is 0.499. The highest BCUT2D eigenvalue weighted by Crippen LogP contribution is 2.21. The Morgan fingerprint density at radius 3 is 2.40 bits per heavy atom. The lowest BCUT2D eigenvalue weighted by molar-refractivity contribution is -0.116. The number of aromatic nitrogens is 2. The highest BCUT2D eigenvalue weighted by Gasteiger charge is 2.09. The molecule has 0 atom stereocenters. The summed E-state index contributed by atoms with van der Waals surface area (Å²) < 4.78 is 24.5. The van der Waals surface area contributed by atoms with Crippen molar-refractivity contribution in [1.29, 1.82) is 0 Å². The van der Waals surface area contributed by atoms with Crippen molar-refractivity contribution in [3.63, 3.8) is 0 Å². The fourth-order valence-electron chi connectivity index (χ4n) is 3.13. The molecule has 0 bridgehead atoms. The molecule has 0 aliphatic rings. The zero-order chi connectivity index (χ0) is 21.1. The van der Waals surface area contributed by atoms with Crippen LogP contribution in [0.2, 0.25) is 0 Å². The molecule has 8 heteroatoms. The maximum Gasteiger partial charge on any atom is 0.238 e. The van der Waals surface area contributed by atoms with Crippen LogP contribution in [0.25, 0.3) is 16.9 Å². The molecule has 2 heterocycles. The second kappa shape index (κ2) is 8.10. The first kappa shape index (κ1) is 19.8. The second-order valence-electron chi connectivity index (χ2n) is 6.91. The minimum absolute atomic E-state index is 0.0569. The molecule has 0 saturated heterocycles.